The first-order valence-corrected chi connectivity index (χ1v) is 8.90. The van der Waals surface area contributed by atoms with Gasteiger partial charge in [0.15, 0.2) is 5.82 Å². The van der Waals surface area contributed by atoms with Crippen LogP contribution in [0.2, 0.25) is 0 Å². The van der Waals surface area contributed by atoms with E-state index >= 15 is 0 Å². The fourth-order valence-electron chi connectivity index (χ4n) is 2.95. The standard InChI is InChI=1S/C22H20N4O/c1-16-15-21(26-22(25-16)18-9-11-23-12-10-18)24-13-14-27-20-8-4-6-17-5-2-3-7-19(17)20/h2-12,15H,13-14H2,1H3,(H,24,25,26). The third-order valence-electron chi connectivity index (χ3n) is 4.21. The molecule has 0 amide bonds. The maximum atomic E-state index is 5.97. The van der Waals surface area contributed by atoms with E-state index in [-0.39, 0.29) is 0 Å². The zero-order valence-electron chi connectivity index (χ0n) is 15.1. The van der Waals surface area contributed by atoms with Gasteiger partial charge in [0.05, 0.1) is 6.54 Å². The molecule has 0 aliphatic heterocycles. The van der Waals surface area contributed by atoms with Crippen LogP contribution in [0, 0.1) is 6.92 Å². The van der Waals surface area contributed by atoms with Gasteiger partial charge in [0.25, 0.3) is 0 Å². The van der Waals surface area contributed by atoms with Gasteiger partial charge in [-0.3, -0.25) is 4.98 Å². The quantitative estimate of drug-likeness (QED) is 0.516. The maximum absolute atomic E-state index is 5.97. The van der Waals surface area contributed by atoms with E-state index in [9.17, 15) is 0 Å². The van der Waals surface area contributed by atoms with Crippen molar-refractivity contribution in [1.29, 1.82) is 0 Å². The van der Waals surface area contributed by atoms with Crippen LogP contribution in [0.5, 0.6) is 5.75 Å². The fourth-order valence-corrected chi connectivity index (χ4v) is 2.95. The van der Waals surface area contributed by atoms with E-state index in [2.05, 4.69) is 38.5 Å². The van der Waals surface area contributed by atoms with Gasteiger partial charge in [-0.15, -0.1) is 0 Å². The lowest BCUT2D eigenvalue weighted by Gasteiger charge is -2.11. The first-order valence-electron chi connectivity index (χ1n) is 8.90. The highest BCUT2D eigenvalue weighted by molar-refractivity contribution is 5.88. The molecule has 0 bridgehead atoms. The third kappa shape index (κ3) is 4.03. The van der Waals surface area contributed by atoms with Crippen molar-refractivity contribution in [3.05, 3.63) is 78.8 Å². The molecule has 2 aromatic heterocycles. The van der Waals surface area contributed by atoms with Crippen molar-refractivity contribution in [2.45, 2.75) is 6.92 Å². The summed E-state index contributed by atoms with van der Waals surface area (Å²) in [6.45, 7) is 3.15. The number of benzene rings is 2. The zero-order valence-corrected chi connectivity index (χ0v) is 15.1. The highest BCUT2D eigenvalue weighted by Crippen LogP contribution is 2.25. The second-order valence-corrected chi connectivity index (χ2v) is 6.21. The molecule has 4 rings (SSSR count). The molecule has 2 aromatic carbocycles. The lowest BCUT2D eigenvalue weighted by atomic mass is 10.1. The lowest BCUT2D eigenvalue weighted by molar-refractivity contribution is 0.336. The maximum Gasteiger partial charge on any atom is 0.161 e. The normalized spacial score (nSPS) is 10.7. The molecule has 2 heterocycles. The molecular weight excluding hydrogens is 336 g/mol. The average Bonchev–Trinajstić information content (AvgIpc) is 2.71. The number of nitrogens with zero attached hydrogens (tertiary/aromatic N) is 3. The summed E-state index contributed by atoms with van der Waals surface area (Å²) >= 11 is 0. The Balaban J connectivity index is 1.41. The van der Waals surface area contributed by atoms with Gasteiger partial charge in [0.1, 0.15) is 18.2 Å². The fraction of sp³-hybridized carbons (Fsp3) is 0.136. The molecule has 5 nitrogen and oxygen atoms in total. The third-order valence-corrected chi connectivity index (χ3v) is 4.21. The number of nitrogens with one attached hydrogen (secondary N) is 1. The zero-order chi connectivity index (χ0) is 18.5. The van der Waals surface area contributed by atoms with Crippen molar-refractivity contribution in [2.24, 2.45) is 0 Å². The van der Waals surface area contributed by atoms with Crippen LogP contribution in [-0.2, 0) is 0 Å². The molecular formula is C22H20N4O. The van der Waals surface area contributed by atoms with E-state index in [1.54, 1.807) is 12.4 Å². The van der Waals surface area contributed by atoms with Crippen LogP contribution >= 0.6 is 0 Å². The monoisotopic (exact) mass is 356 g/mol. The minimum absolute atomic E-state index is 0.543. The highest BCUT2D eigenvalue weighted by atomic mass is 16.5. The molecule has 27 heavy (non-hydrogen) atoms. The van der Waals surface area contributed by atoms with E-state index in [1.807, 2.05) is 49.4 Å². The number of aromatic nitrogens is 3. The van der Waals surface area contributed by atoms with Gasteiger partial charge in [-0.05, 0) is 30.5 Å². The molecule has 0 saturated heterocycles. The van der Waals surface area contributed by atoms with Gasteiger partial charge in [-0.2, -0.15) is 0 Å². The summed E-state index contributed by atoms with van der Waals surface area (Å²) in [5, 5.41) is 5.62. The Bertz CT molecular complexity index is 1050. The Kier molecular flexibility index (Phi) is 4.92. The van der Waals surface area contributed by atoms with Crippen molar-refractivity contribution in [1.82, 2.24) is 15.0 Å². The van der Waals surface area contributed by atoms with E-state index in [1.165, 1.54) is 5.39 Å². The SMILES string of the molecule is Cc1cc(NCCOc2cccc3ccccc23)nc(-c2ccncc2)n1. The topological polar surface area (TPSA) is 59.9 Å². The summed E-state index contributed by atoms with van der Waals surface area (Å²) in [5.74, 6) is 2.37. The number of hydrogen-bond donors (Lipinski definition) is 1. The number of fused-ring (bicyclic) bond motifs is 1. The Labute approximate surface area is 158 Å². The smallest absolute Gasteiger partial charge is 0.161 e. The highest BCUT2D eigenvalue weighted by Gasteiger charge is 2.05. The van der Waals surface area contributed by atoms with Gasteiger partial charge in [0, 0.05) is 35.1 Å². The van der Waals surface area contributed by atoms with E-state index in [0.717, 1.165) is 28.2 Å². The molecule has 0 aliphatic rings. The average molecular weight is 356 g/mol. The summed E-state index contributed by atoms with van der Waals surface area (Å²) < 4.78 is 5.97. The van der Waals surface area contributed by atoms with Crippen molar-refractivity contribution in [3.63, 3.8) is 0 Å². The summed E-state index contributed by atoms with van der Waals surface area (Å²) in [6, 6.07) is 20.1. The molecule has 0 aliphatic carbocycles. The predicted octanol–water partition coefficient (Wildman–Crippen LogP) is 4.49. The van der Waals surface area contributed by atoms with Gasteiger partial charge in [0.2, 0.25) is 0 Å². The molecule has 0 radical (unpaired) electrons. The number of aryl methyl sites for hydroxylation is 1. The molecule has 0 unspecified atom stereocenters. The molecule has 5 heteroatoms. The van der Waals surface area contributed by atoms with Gasteiger partial charge in [-0.1, -0.05) is 36.4 Å². The second-order valence-electron chi connectivity index (χ2n) is 6.21. The van der Waals surface area contributed by atoms with Crippen molar-refractivity contribution < 1.29 is 4.74 Å². The number of hydrogen-bond acceptors (Lipinski definition) is 5. The van der Waals surface area contributed by atoms with Crippen LogP contribution in [0.3, 0.4) is 0 Å². The Hall–Kier alpha value is -3.47. The lowest BCUT2D eigenvalue weighted by Crippen LogP contribution is -2.13. The summed E-state index contributed by atoms with van der Waals surface area (Å²) in [4.78, 5) is 13.1. The second kappa shape index (κ2) is 7.83. The molecule has 0 atom stereocenters. The minimum Gasteiger partial charge on any atom is -0.491 e. The summed E-state index contributed by atoms with van der Waals surface area (Å²) in [6.07, 6.45) is 3.48. The number of anilines is 1. The van der Waals surface area contributed by atoms with Crippen molar-refractivity contribution in [3.8, 4) is 17.1 Å². The largest absolute Gasteiger partial charge is 0.491 e. The Morgan fingerprint density at radius 3 is 2.63 bits per heavy atom. The summed E-state index contributed by atoms with van der Waals surface area (Å²) in [5.41, 5.74) is 1.86. The number of rotatable bonds is 6. The molecule has 0 spiro atoms. The minimum atomic E-state index is 0.543. The molecule has 4 aromatic rings. The first kappa shape index (κ1) is 17.0. The molecule has 1 N–H and O–H groups in total. The number of ether oxygens (including phenoxy) is 1. The van der Waals surface area contributed by atoms with Gasteiger partial charge >= 0.3 is 0 Å². The van der Waals surface area contributed by atoms with Gasteiger partial charge < -0.3 is 10.1 Å². The van der Waals surface area contributed by atoms with Crippen molar-refractivity contribution >= 4 is 16.6 Å². The van der Waals surface area contributed by atoms with Gasteiger partial charge in [-0.25, -0.2) is 9.97 Å². The van der Waals surface area contributed by atoms with Crippen LogP contribution in [0.4, 0.5) is 5.82 Å². The molecule has 0 saturated carbocycles. The van der Waals surface area contributed by atoms with E-state index in [0.29, 0.717) is 19.0 Å². The number of pyridine rings is 1. The Morgan fingerprint density at radius 1 is 0.926 bits per heavy atom. The van der Waals surface area contributed by atoms with Crippen LogP contribution in [0.25, 0.3) is 22.2 Å². The Morgan fingerprint density at radius 2 is 1.74 bits per heavy atom. The molecule has 134 valence electrons. The first-order chi connectivity index (χ1) is 13.3. The van der Waals surface area contributed by atoms with Crippen LogP contribution in [0.15, 0.2) is 73.1 Å². The van der Waals surface area contributed by atoms with Crippen LogP contribution < -0.4 is 10.1 Å². The van der Waals surface area contributed by atoms with E-state index < -0.39 is 0 Å². The predicted molar refractivity (Wildman–Crippen MR) is 108 cm³/mol. The van der Waals surface area contributed by atoms with Crippen LogP contribution in [0.1, 0.15) is 5.69 Å². The summed E-state index contributed by atoms with van der Waals surface area (Å²) in [7, 11) is 0. The van der Waals surface area contributed by atoms with Crippen LogP contribution in [-0.4, -0.2) is 28.1 Å². The molecule has 0 fully saturated rings. The van der Waals surface area contributed by atoms with E-state index in [4.69, 9.17) is 4.74 Å². The van der Waals surface area contributed by atoms with Crippen molar-refractivity contribution in [2.75, 3.05) is 18.5 Å².